The van der Waals surface area contributed by atoms with Gasteiger partial charge >= 0.3 is 0 Å². The highest BCUT2D eigenvalue weighted by Crippen LogP contribution is 2.33. The quantitative estimate of drug-likeness (QED) is 0.919. The molecule has 0 atom stereocenters. The highest BCUT2D eigenvalue weighted by molar-refractivity contribution is 5.72. The highest BCUT2D eigenvalue weighted by Gasteiger charge is 2.23. The summed E-state index contributed by atoms with van der Waals surface area (Å²) in [5, 5.41) is 1.74. The van der Waals surface area contributed by atoms with E-state index in [1.165, 1.54) is 0 Å². The molecule has 116 valence electrons. The molecule has 0 saturated heterocycles. The van der Waals surface area contributed by atoms with Crippen LogP contribution in [0.3, 0.4) is 0 Å². The Balaban J connectivity index is 1.92. The van der Waals surface area contributed by atoms with Crippen molar-refractivity contribution in [3.05, 3.63) is 101 Å². The predicted octanol–water partition coefficient (Wildman–Crippen LogP) is 4.22. The van der Waals surface area contributed by atoms with Gasteiger partial charge in [-0.3, -0.25) is 4.84 Å². The summed E-state index contributed by atoms with van der Waals surface area (Å²) in [5.41, 5.74) is 11.5. The lowest BCUT2D eigenvalue weighted by atomic mass is 10.0. The maximum Gasteiger partial charge on any atom is 0.100 e. The standard InChI is InChI=1S/C20H20N2O/c1-15-13-19(21)16(2)22(20(15)18-11-7-4-8-12-18)23-14-17-9-5-3-6-10-17/h3-13H,2,14,21H2,1H3. The van der Waals surface area contributed by atoms with Gasteiger partial charge in [-0.05, 0) is 24.1 Å². The first-order chi connectivity index (χ1) is 11.2. The van der Waals surface area contributed by atoms with E-state index in [-0.39, 0.29) is 0 Å². The molecule has 0 aromatic heterocycles. The van der Waals surface area contributed by atoms with Crippen molar-refractivity contribution in [3.63, 3.8) is 0 Å². The first-order valence-corrected chi connectivity index (χ1v) is 7.56. The smallest absolute Gasteiger partial charge is 0.100 e. The number of allylic oxidation sites excluding steroid dienone is 2. The van der Waals surface area contributed by atoms with Crippen LogP contribution in [0.5, 0.6) is 0 Å². The van der Waals surface area contributed by atoms with E-state index >= 15 is 0 Å². The second-order valence-electron chi connectivity index (χ2n) is 5.50. The van der Waals surface area contributed by atoms with Gasteiger partial charge in [0.15, 0.2) is 0 Å². The third-order valence-electron chi connectivity index (χ3n) is 3.78. The molecule has 0 bridgehead atoms. The van der Waals surface area contributed by atoms with E-state index in [2.05, 4.69) is 18.7 Å². The van der Waals surface area contributed by atoms with Crippen molar-refractivity contribution in [2.24, 2.45) is 5.73 Å². The molecule has 2 aromatic carbocycles. The second-order valence-corrected chi connectivity index (χ2v) is 5.50. The zero-order valence-electron chi connectivity index (χ0n) is 13.2. The maximum atomic E-state index is 6.07. The van der Waals surface area contributed by atoms with Gasteiger partial charge < -0.3 is 5.73 Å². The van der Waals surface area contributed by atoms with E-state index in [1.807, 2.05) is 61.5 Å². The van der Waals surface area contributed by atoms with Crippen LogP contribution in [0.4, 0.5) is 0 Å². The number of benzene rings is 2. The van der Waals surface area contributed by atoms with E-state index in [9.17, 15) is 0 Å². The van der Waals surface area contributed by atoms with Crippen molar-refractivity contribution in [3.8, 4) is 0 Å². The maximum absolute atomic E-state index is 6.07. The summed E-state index contributed by atoms with van der Waals surface area (Å²) in [4.78, 5) is 6.04. The van der Waals surface area contributed by atoms with Gasteiger partial charge in [-0.25, -0.2) is 5.06 Å². The number of hydrogen-bond donors (Lipinski definition) is 1. The fraction of sp³-hybridized carbons (Fsp3) is 0.100. The summed E-state index contributed by atoms with van der Waals surface area (Å²) < 4.78 is 0. The molecule has 0 fully saturated rings. The minimum atomic E-state index is 0.455. The summed E-state index contributed by atoms with van der Waals surface area (Å²) in [6.45, 7) is 6.56. The molecule has 23 heavy (non-hydrogen) atoms. The van der Waals surface area contributed by atoms with Gasteiger partial charge in [0.1, 0.15) is 6.61 Å². The molecule has 0 spiro atoms. The Hall–Kier alpha value is -2.78. The van der Waals surface area contributed by atoms with Crippen LogP contribution in [0.25, 0.3) is 5.70 Å². The lowest BCUT2D eigenvalue weighted by Crippen LogP contribution is -2.28. The average Bonchev–Trinajstić information content (AvgIpc) is 2.58. The summed E-state index contributed by atoms with van der Waals surface area (Å²) in [5.74, 6) is 0. The first-order valence-electron chi connectivity index (χ1n) is 7.56. The average molecular weight is 304 g/mol. The van der Waals surface area contributed by atoms with Gasteiger partial charge in [-0.2, -0.15) is 0 Å². The molecule has 0 saturated carbocycles. The normalized spacial score (nSPS) is 14.9. The molecule has 0 unspecified atom stereocenters. The van der Waals surface area contributed by atoms with Gasteiger partial charge in [-0.1, -0.05) is 67.2 Å². The molecule has 0 radical (unpaired) electrons. The van der Waals surface area contributed by atoms with Crippen LogP contribution in [-0.4, -0.2) is 5.06 Å². The topological polar surface area (TPSA) is 38.5 Å². The zero-order valence-corrected chi connectivity index (χ0v) is 13.2. The molecule has 3 heteroatoms. The van der Waals surface area contributed by atoms with E-state index in [4.69, 9.17) is 10.6 Å². The Bertz CT molecular complexity index is 761. The van der Waals surface area contributed by atoms with Gasteiger partial charge in [0.25, 0.3) is 0 Å². The van der Waals surface area contributed by atoms with Crippen LogP contribution in [0.1, 0.15) is 18.1 Å². The fourth-order valence-electron chi connectivity index (χ4n) is 2.59. The molecule has 1 aliphatic heterocycles. The molecule has 2 aromatic rings. The summed E-state index contributed by atoms with van der Waals surface area (Å²) >= 11 is 0. The number of hydroxylamine groups is 2. The van der Waals surface area contributed by atoms with Gasteiger partial charge in [-0.15, -0.1) is 0 Å². The van der Waals surface area contributed by atoms with E-state index < -0.39 is 0 Å². The van der Waals surface area contributed by atoms with Crippen molar-refractivity contribution in [2.45, 2.75) is 13.5 Å². The van der Waals surface area contributed by atoms with Crippen molar-refractivity contribution in [1.82, 2.24) is 5.06 Å². The molecule has 2 N–H and O–H groups in total. The Morgan fingerprint density at radius 2 is 1.61 bits per heavy atom. The third-order valence-corrected chi connectivity index (χ3v) is 3.78. The Morgan fingerprint density at radius 3 is 2.26 bits per heavy atom. The van der Waals surface area contributed by atoms with Crippen LogP contribution in [-0.2, 0) is 11.4 Å². The summed E-state index contributed by atoms with van der Waals surface area (Å²) in [6.07, 6.45) is 1.94. The van der Waals surface area contributed by atoms with Gasteiger partial charge in [0.05, 0.1) is 17.1 Å². The lowest BCUT2D eigenvalue weighted by Gasteiger charge is -2.32. The van der Waals surface area contributed by atoms with Crippen molar-refractivity contribution in [2.75, 3.05) is 0 Å². The van der Waals surface area contributed by atoms with Crippen LogP contribution < -0.4 is 5.73 Å². The molecule has 3 rings (SSSR count). The Kier molecular flexibility index (Phi) is 4.31. The van der Waals surface area contributed by atoms with Gasteiger partial charge in [0.2, 0.25) is 0 Å². The van der Waals surface area contributed by atoms with Crippen LogP contribution in [0, 0.1) is 0 Å². The number of nitrogens with two attached hydrogens (primary N) is 1. The number of nitrogens with zero attached hydrogens (tertiary/aromatic N) is 1. The SMILES string of the molecule is C=C1C(N)=CC(C)=C(c2ccccc2)N1OCc1ccccc1. The largest absolute Gasteiger partial charge is 0.397 e. The van der Waals surface area contributed by atoms with Crippen LogP contribution in [0.2, 0.25) is 0 Å². The number of rotatable bonds is 4. The minimum Gasteiger partial charge on any atom is -0.397 e. The fourth-order valence-corrected chi connectivity index (χ4v) is 2.59. The molecule has 0 aliphatic carbocycles. The van der Waals surface area contributed by atoms with Crippen molar-refractivity contribution in [1.29, 1.82) is 0 Å². The Morgan fingerprint density at radius 1 is 1.00 bits per heavy atom. The van der Waals surface area contributed by atoms with E-state index in [0.717, 1.165) is 22.4 Å². The van der Waals surface area contributed by atoms with E-state index in [0.29, 0.717) is 18.0 Å². The van der Waals surface area contributed by atoms with Crippen LogP contribution >= 0.6 is 0 Å². The molecule has 0 amide bonds. The predicted molar refractivity (Wildman–Crippen MR) is 93.5 cm³/mol. The molecule has 1 aliphatic rings. The third kappa shape index (κ3) is 3.20. The zero-order chi connectivity index (χ0) is 16.2. The lowest BCUT2D eigenvalue weighted by molar-refractivity contribution is -0.0927. The monoisotopic (exact) mass is 304 g/mol. The molecule has 1 heterocycles. The summed E-state index contributed by atoms with van der Waals surface area (Å²) in [6, 6.07) is 20.2. The van der Waals surface area contributed by atoms with Gasteiger partial charge in [0, 0.05) is 5.56 Å². The molecule has 3 nitrogen and oxygen atoms in total. The first kappa shape index (κ1) is 15.1. The second kappa shape index (κ2) is 6.55. The number of hydrogen-bond acceptors (Lipinski definition) is 3. The van der Waals surface area contributed by atoms with E-state index in [1.54, 1.807) is 5.06 Å². The Labute approximate surface area is 137 Å². The summed E-state index contributed by atoms with van der Waals surface area (Å²) in [7, 11) is 0. The van der Waals surface area contributed by atoms with Crippen LogP contribution in [0.15, 0.2) is 90.3 Å². The molecular formula is C20H20N2O. The molecular weight excluding hydrogens is 284 g/mol. The van der Waals surface area contributed by atoms with Crippen molar-refractivity contribution >= 4 is 5.70 Å². The highest BCUT2D eigenvalue weighted by atomic mass is 16.7. The minimum absolute atomic E-state index is 0.455. The van der Waals surface area contributed by atoms with Crippen molar-refractivity contribution < 1.29 is 4.84 Å².